The topological polar surface area (TPSA) is 75.9 Å². The van der Waals surface area contributed by atoms with Gasteiger partial charge in [0.2, 0.25) is 5.91 Å². The number of hydrogen-bond donors (Lipinski definition) is 1. The summed E-state index contributed by atoms with van der Waals surface area (Å²) in [7, 11) is 0. The van der Waals surface area contributed by atoms with Gasteiger partial charge in [-0.1, -0.05) is 18.2 Å². The predicted octanol–water partition coefficient (Wildman–Crippen LogP) is 2.96. The van der Waals surface area contributed by atoms with Crippen LogP contribution in [0.4, 0.5) is 0 Å². The van der Waals surface area contributed by atoms with Crippen LogP contribution in [0.2, 0.25) is 0 Å². The number of aromatic nitrogens is 2. The van der Waals surface area contributed by atoms with Crippen molar-refractivity contribution in [3.63, 3.8) is 0 Å². The largest absolute Gasteiger partial charge is 0.486 e. The molecule has 7 heteroatoms. The maximum atomic E-state index is 13.1. The Morgan fingerprint density at radius 1 is 1.17 bits per heavy atom. The van der Waals surface area contributed by atoms with E-state index in [-0.39, 0.29) is 24.5 Å². The zero-order valence-electron chi connectivity index (χ0n) is 17.3. The van der Waals surface area contributed by atoms with Crippen molar-refractivity contribution in [3.8, 4) is 5.75 Å². The lowest BCUT2D eigenvalue weighted by Gasteiger charge is -2.32. The number of carbonyl (C=O) groups is 2. The maximum Gasteiger partial charge on any atom is 0.257 e. The van der Waals surface area contributed by atoms with E-state index in [0.29, 0.717) is 24.4 Å². The first kappa shape index (κ1) is 19.9. The summed E-state index contributed by atoms with van der Waals surface area (Å²) in [6.45, 7) is 5.06. The highest BCUT2D eigenvalue weighted by Gasteiger charge is 2.25. The molecule has 0 radical (unpaired) electrons. The van der Waals surface area contributed by atoms with Crippen LogP contribution in [0, 0.1) is 6.92 Å². The van der Waals surface area contributed by atoms with E-state index in [0.717, 1.165) is 29.7 Å². The minimum atomic E-state index is -0.0438. The summed E-state index contributed by atoms with van der Waals surface area (Å²) in [6, 6.07) is 11.5. The number of nitrogens with one attached hydrogen (secondary N) is 1. The molecule has 2 amide bonds. The molecule has 0 bridgehead atoms. The Kier molecular flexibility index (Phi) is 5.70. The van der Waals surface area contributed by atoms with Crippen molar-refractivity contribution < 1.29 is 14.3 Å². The fraction of sp³-hybridized carbons (Fsp3) is 0.348. The highest BCUT2D eigenvalue weighted by atomic mass is 16.5. The third-order valence-corrected chi connectivity index (χ3v) is 5.41. The number of nitrogens with zero attached hydrogens (tertiary/aromatic N) is 3. The fourth-order valence-corrected chi connectivity index (χ4v) is 3.88. The summed E-state index contributed by atoms with van der Waals surface area (Å²) in [4.78, 5) is 30.8. The highest BCUT2D eigenvalue weighted by Crippen LogP contribution is 2.23. The summed E-state index contributed by atoms with van der Waals surface area (Å²) in [5.41, 5.74) is 3.36. The quantitative estimate of drug-likeness (QED) is 0.707. The zero-order valence-corrected chi connectivity index (χ0v) is 17.3. The lowest BCUT2D eigenvalue weighted by molar-refractivity contribution is -0.119. The molecule has 0 unspecified atom stereocenters. The molecule has 1 fully saturated rings. The molecule has 1 aliphatic rings. The van der Waals surface area contributed by atoms with Crippen molar-refractivity contribution in [2.45, 2.75) is 39.3 Å². The number of benzene rings is 1. The number of rotatable bonds is 5. The lowest BCUT2D eigenvalue weighted by Crippen LogP contribution is -2.46. The second-order valence-electron chi connectivity index (χ2n) is 7.71. The Balaban J connectivity index is 1.44. The molecule has 0 saturated carbocycles. The van der Waals surface area contributed by atoms with Gasteiger partial charge in [-0.15, -0.1) is 0 Å². The third kappa shape index (κ3) is 4.30. The normalized spacial score (nSPS) is 14.7. The van der Waals surface area contributed by atoms with Crippen LogP contribution in [0.15, 0.2) is 48.8 Å². The van der Waals surface area contributed by atoms with E-state index in [9.17, 15) is 9.59 Å². The molecular formula is C23H26N4O3. The van der Waals surface area contributed by atoms with E-state index in [1.807, 2.05) is 58.9 Å². The SMILES string of the molecule is CC(=O)NC1CCN(C(=O)c2ccccc2OCc2cn3cccc(C)c3n2)CC1. The first-order valence-corrected chi connectivity index (χ1v) is 10.2. The van der Waals surface area contributed by atoms with Gasteiger partial charge in [0.1, 0.15) is 18.0 Å². The molecule has 1 saturated heterocycles. The van der Waals surface area contributed by atoms with Gasteiger partial charge in [-0.25, -0.2) is 4.98 Å². The number of hydrogen-bond acceptors (Lipinski definition) is 4. The molecule has 4 rings (SSSR count). The van der Waals surface area contributed by atoms with Gasteiger partial charge < -0.3 is 19.4 Å². The molecule has 0 atom stereocenters. The third-order valence-electron chi connectivity index (χ3n) is 5.41. The van der Waals surface area contributed by atoms with Crippen molar-refractivity contribution in [1.29, 1.82) is 0 Å². The Morgan fingerprint density at radius 3 is 2.67 bits per heavy atom. The van der Waals surface area contributed by atoms with Gasteiger partial charge >= 0.3 is 0 Å². The number of piperidine rings is 1. The molecule has 1 N–H and O–H groups in total. The maximum absolute atomic E-state index is 13.1. The molecule has 1 aromatic carbocycles. The van der Waals surface area contributed by atoms with Crippen LogP contribution in [0.25, 0.3) is 5.65 Å². The number of imidazole rings is 1. The minimum absolute atomic E-state index is 0.0272. The summed E-state index contributed by atoms with van der Waals surface area (Å²) in [5.74, 6) is 0.485. The zero-order chi connectivity index (χ0) is 21.1. The molecule has 156 valence electrons. The van der Waals surface area contributed by atoms with E-state index in [1.165, 1.54) is 6.92 Å². The Labute approximate surface area is 175 Å². The summed E-state index contributed by atoms with van der Waals surface area (Å²) in [5, 5.41) is 2.94. The molecule has 0 spiro atoms. The molecule has 3 heterocycles. The van der Waals surface area contributed by atoms with Crippen LogP contribution in [0.5, 0.6) is 5.75 Å². The van der Waals surface area contributed by atoms with E-state index in [4.69, 9.17) is 4.74 Å². The van der Waals surface area contributed by atoms with E-state index < -0.39 is 0 Å². The van der Waals surface area contributed by atoms with Crippen LogP contribution >= 0.6 is 0 Å². The number of likely N-dealkylation sites (tertiary alicyclic amines) is 1. The molecule has 2 aromatic heterocycles. The van der Waals surface area contributed by atoms with Gasteiger partial charge in [-0.05, 0) is 43.5 Å². The van der Waals surface area contributed by atoms with Crippen molar-refractivity contribution in [2.75, 3.05) is 13.1 Å². The number of amides is 2. The molecule has 0 aliphatic carbocycles. The van der Waals surface area contributed by atoms with Gasteiger partial charge in [-0.3, -0.25) is 9.59 Å². The number of carbonyl (C=O) groups excluding carboxylic acids is 2. The van der Waals surface area contributed by atoms with Crippen LogP contribution in [-0.2, 0) is 11.4 Å². The summed E-state index contributed by atoms with van der Waals surface area (Å²) < 4.78 is 7.97. The smallest absolute Gasteiger partial charge is 0.257 e. The second-order valence-corrected chi connectivity index (χ2v) is 7.71. The first-order valence-electron chi connectivity index (χ1n) is 10.2. The van der Waals surface area contributed by atoms with Crippen molar-refractivity contribution in [1.82, 2.24) is 19.6 Å². The van der Waals surface area contributed by atoms with E-state index >= 15 is 0 Å². The van der Waals surface area contributed by atoms with Crippen molar-refractivity contribution in [3.05, 3.63) is 65.6 Å². The lowest BCUT2D eigenvalue weighted by atomic mass is 10.0. The molecular weight excluding hydrogens is 380 g/mol. The van der Waals surface area contributed by atoms with Gasteiger partial charge in [0, 0.05) is 38.4 Å². The number of aryl methyl sites for hydroxylation is 1. The molecule has 30 heavy (non-hydrogen) atoms. The van der Waals surface area contributed by atoms with Crippen LogP contribution in [-0.4, -0.2) is 45.2 Å². The Bertz CT molecular complexity index is 1070. The van der Waals surface area contributed by atoms with Crippen LogP contribution < -0.4 is 10.1 Å². The first-order chi connectivity index (χ1) is 14.5. The van der Waals surface area contributed by atoms with Crippen LogP contribution in [0.1, 0.15) is 41.4 Å². The highest BCUT2D eigenvalue weighted by molar-refractivity contribution is 5.97. The fourth-order valence-electron chi connectivity index (χ4n) is 3.88. The Hall–Kier alpha value is -3.35. The van der Waals surface area contributed by atoms with E-state index in [2.05, 4.69) is 10.3 Å². The van der Waals surface area contributed by atoms with Gasteiger partial charge in [0.25, 0.3) is 5.91 Å². The second kappa shape index (κ2) is 8.57. The van der Waals surface area contributed by atoms with Crippen molar-refractivity contribution >= 4 is 17.5 Å². The molecule has 3 aromatic rings. The number of ether oxygens (including phenoxy) is 1. The standard InChI is InChI=1S/C23H26N4O3/c1-16-6-5-11-27-14-19(25-22(16)27)15-30-21-8-4-3-7-20(21)23(29)26-12-9-18(10-13-26)24-17(2)28/h3-8,11,14,18H,9-10,12-13,15H2,1-2H3,(H,24,28). The summed E-state index contributed by atoms with van der Waals surface area (Å²) >= 11 is 0. The van der Waals surface area contributed by atoms with Gasteiger partial charge in [-0.2, -0.15) is 0 Å². The summed E-state index contributed by atoms with van der Waals surface area (Å²) in [6.07, 6.45) is 5.42. The van der Waals surface area contributed by atoms with Crippen LogP contribution in [0.3, 0.4) is 0 Å². The Morgan fingerprint density at radius 2 is 1.93 bits per heavy atom. The number of para-hydroxylation sites is 1. The molecule has 1 aliphatic heterocycles. The monoisotopic (exact) mass is 406 g/mol. The van der Waals surface area contributed by atoms with Gasteiger partial charge in [0.05, 0.1) is 11.3 Å². The average molecular weight is 406 g/mol. The predicted molar refractivity (Wildman–Crippen MR) is 113 cm³/mol. The van der Waals surface area contributed by atoms with Gasteiger partial charge in [0.15, 0.2) is 0 Å². The van der Waals surface area contributed by atoms with E-state index in [1.54, 1.807) is 6.07 Å². The average Bonchev–Trinajstić information content (AvgIpc) is 3.17. The molecule has 7 nitrogen and oxygen atoms in total. The van der Waals surface area contributed by atoms with Crippen molar-refractivity contribution in [2.24, 2.45) is 0 Å². The number of pyridine rings is 1. The minimum Gasteiger partial charge on any atom is -0.486 e. The number of fused-ring (bicyclic) bond motifs is 1.